The summed E-state index contributed by atoms with van der Waals surface area (Å²) < 4.78 is 0. The lowest BCUT2D eigenvalue weighted by Gasteiger charge is -2.10. The third-order valence-corrected chi connectivity index (χ3v) is 2.72. The highest BCUT2D eigenvalue weighted by Gasteiger charge is 2.04. The molecule has 0 saturated carbocycles. The summed E-state index contributed by atoms with van der Waals surface area (Å²) in [6.45, 7) is 1.67. The zero-order valence-corrected chi connectivity index (χ0v) is 11.1. The fourth-order valence-corrected chi connectivity index (χ4v) is 1.66. The maximum Gasteiger partial charge on any atom is 0.251 e. The van der Waals surface area contributed by atoms with E-state index < -0.39 is 0 Å². The standard InChI is InChI=1S/C13H19ClN2O/c1-16(2)8-4-7-15-13(17)12-6-3-5-11(9-12)10-14/h3,5-6,9H,4,7-8,10H2,1-2H3,(H,15,17). The van der Waals surface area contributed by atoms with Gasteiger partial charge in [-0.05, 0) is 44.8 Å². The Morgan fingerprint density at radius 2 is 2.18 bits per heavy atom. The Kier molecular flexibility index (Phi) is 6.01. The Labute approximate surface area is 108 Å². The zero-order chi connectivity index (χ0) is 12.7. The Morgan fingerprint density at radius 3 is 2.82 bits per heavy atom. The minimum atomic E-state index is -0.0317. The maximum atomic E-state index is 11.8. The van der Waals surface area contributed by atoms with Crippen LogP contribution in [0.5, 0.6) is 0 Å². The molecule has 3 nitrogen and oxygen atoms in total. The molecule has 1 aromatic carbocycles. The molecule has 0 aromatic heterocycles. The Hall–Kier alpha value is -1.06. The van der Waals surface area contributed by atoms with Crippen molar-refractivity contribution in [3.8, 4) is 0 Å². The molecule has 1 amide bonds. The molecule has 0 spiro atoms. The molecule has 1 rings (SSSR count). The molecule has 4 heteroatoms. The van der Waals surface area contributed by atoms with Crippen LogP contribution in [0.4, 0.5) is 0 Å². The summed E-state index contributed by atoms with van der Waals surface area (Å²) in [5.74, 6) is 0.401. The van der Waals surface area contributed by atoms with E-state index in [0.717, 1.165) is 18.5 Å². The molecule has 0 unspecified atom stereocenters. The van der Waals surface area contributed by atoms with Crippen LogP contribution in [0.15, 0.2) is 24.3 Å². The van der Waals surface area contributed by atoms with E-state index in [0.29, 0.717) is 18.0 Å². The normalized spacial score (nSPS) is 10.6. The predicted molar refractivity (Wildman–Crippen MR) is 71.5 cm³/mol. The summed E-state index contributed by atoms with van der Waals surface area (Å²) in [5, 5.41) is 2.90. The molecule has 0 fully saturated rings. The van der Waals surface area contributed by atoms with Crippen LogP contribution < -0.4 is 5.32 Å². The molecule has 0 aliphatic rings. The van der Waals surface area contributed by atoms with Crippen LogP contribution in [-0.4, -0.2) is 38.0 Å². The fraction of sp³-hybridized carbons (Fsp3) is 0.462. The summed E-state index contributed by atoms with van der Waals surface area (Å²) in [7, 11) is 4.04. The van der Waals surface area contributed by atoms with Gasteiger partial charge in [-0.25, -0.2) is 0 Å². The number of alkyl halides is 1. The van der Waals surface area contributed by atoms with Crippen LogP contribution in [0.2, 0.25) is 0 Å². The van der Waals surface area contributed by atoms with Gasteiger partial charge in [0.2, 0.25) is 0 Å². The molecular weight excluding hydrogens is 236 g/mol. The van der Waals surface area contributed by atoms with Gasteiger partial charge in [0.1, 0.15) is 0 Å². The minimum Gasteiger partial charge on any atom is -0.352 e. The molecule has 0 aliphatic carbocycles. The summed E-state index contributed by atoms with van der Waals surface area (Å²) in [4.78, 5) is 13.9. The number of carbonyl (C=O) groups is 1. The first-order valence-electron chi connectivity index (χ1n) is 5.71. The summed E-state index contributed by atoms with van der Waals surface area (Å²) in [6.07, 6.45) is 0.952. The molecule has 0 aliphatic heterocycles. The van der Waals surface area contributed by atoms with E-state index in [1.165, 1.54) is 0 Å². The van der Waals surface area contributed by atoms with E-state index in [1.54, 1.807) is 6.07 Å². The van der Waals surface area contributed by atoms with Crippen molar-refractivity contribution >= 4 is 17.5 Å². The zero-order valence-electron chi connectivity index (χ0n) is 10.4. The van der Waals surface area contributed by atoms with Gasteiger partial charge in [-0.3, -0.25) is 4.79 Å². The van der Waals surface area contributed by atoms with Crippen LogP contribution in [0.25, 0.3) is 0 Å². The summed E-state index contributed by atoms with van der Waals surface area (Å²) in [6, 6.07) is 7.40. The van der Waals surface area contributed by atoms with E-state index >= 15 is 0 Å². The molecule has 0 radical (unpaired) electrons. The fourth-order valence-electron chi connectivity index (χ4n) is 1.49. The van der Waals surface area contributed by atoms with Gasteiger partial charge in [-0.1, -0.05) is 12.1 Å². The van der Waals surface area contributed by atoms with Crippen LogP contribution >= 0.6 is 11.6 Å². The average Bonchev–Trinajstić information content (AvgIpc) is 2.34. The largest absolute Gasteiger partial charge is 0.352 e. The quantitative estimate of drug-likeness (QED) is 0.623. The van der Waals surface area contributed by atoms with Crippen molar-refractivity contribution in [1.82, 2.24) is 10.2 Å². The topological polar surface area (TPSA) is 32.3 Å². The van der Waals surface area contributed by atoms with Crippen molar-refractivity contribution in [2.24, 2.45) is 0 Å². The highest BCUT2D eigenvalue weighted by molar-refractivity contribution is 6.17. The average molecular weight is 255 g/mol. The van der Waals surface area contributed by atoms with Gasteiger partial charge in [-0.15, -0.1) is 11.6 Å². The lowest BCUT2D eigenvalue weighted by molar-refractivity contribution is 0.0952. The highest BCUT2D eigenvalue weighted by atomic mass is 35.5. The van der Waals surface area contributed by atoms with Crippen molar-refractivity contribution in [3.63, 3.8) is 0 Å². The molecule has 1 aromatic rings. The lowest BCUT2D eigenvalue weighted by atomic mass is 10.1. The molecular formula is C13H19ClN2O. The van der Waals surface area contributed by atoms with Gasteiger partial charge in [0.15, 0.2) is 0 Å². The van der Waals surface area contributed by atoms with Crippen molar-refractivity contribution in [1.29, 1.82) is 0 Å². The molecule has 0 atom stereocenters. The number of amides is 1. The first-order chi connectivity index (χ1) is 8.13. The molecule has 0 saturated heterocycles. The molecule has 0 bridgehead atoms. The van der Waals surface area contributed by atoms with Gasteiger partial charge in [0, 0.05) is 18.0 Å². The van der Waals surface area contributed by atoms with Crippen molar-refractivity contribution in [3.05, 3.63) is 35.4 Å². The second-order valence-corrected chi connectivity index (χ2v) is 4.51. The number of nitrogens with one attached hydrogen (secondary N) is 1. The van der Waals surface area contributed by atoms with E-state index in [4.69, 9.17) is 11.6 Å². The number of rotatable bonds is 6. The van der Waals surface area contributed by atoms with Crippen LogP contribution in [0, 0.1) is 0 Å². The van der Waals surface area contributed by atoms with Gasteiger partial charge in [0.25, 0.3) is 5.91 Å². The number of halogens is 1. The van der Waals surface area contributed by atoms with Crippen LogP contribution in [-0.2, 0) is 5.88 Å². The van der Waals surface area contributed by atoms with E-state index in [-0.39, 0.29) is 5.91 Å². The maximum absolute atomic E-state index is 11.8. The number of benzene rings is 1. The third-order valence-electron chi connectivity index (χ3n) is 2.41. The second-order valence-electron chi connectivity index (χ2n) is 4.25. The first-order valence-corrected chi connectivity index (χ1v) is 6.25. The van der Waals surface area contributed by atoms with E-state index in [2.05, 4.69) is 10.2 Å². The van der Waals surface area contributed by atoms with Crippen LogP contribution in [0.1, 0.15) is 22.3 Å². The van der Waals surface area contributed by atoms with Crippen LogP contribution in [0.3, 0.4) is 0 Å². The lowest BCUT2D eigenvalue weighted by Crippen LogP contribution is -2.27. The smallest absolute Gasteiger partial charge is 0.251 e. The third kappa shape index (κ3) is 5.20. The highest BCUT2D eigenvalue weighted by Crippen LogP contribution is 2.07. The van der Waals surface area contributed by atoms with Gasteiger partial charge < -0.3 is 10.2 Å². The Balaban J connectivity index is 2.41. The summed E-state index contributed by atoms with van der Waals surface area (Å²) >= 11 is 5.73. The predicted octanol–water partition coefficient (Wildman–Crippen LogP) is 2.11. The molecule has 94 valence electrons. The number of nitrogens with zero attached hydrogens (tertiary/aromatic N) is 1. The summed E-state index contributed by atoms with van der Waals surface area (Å²) in [5.41, 5.74) is 1.64. The van der Waals surface area contributed by atoms with E-state index in [9.17, 15) is 4.79 Å². The van der Waals surface area contributed by atoms with Gasteiger partial charge >= 0.3 is 0 Å². The van der Waals surface area contributed by atoms with Gasteiger partial charge in [0.05, 0.1) is 0 Å². The first kappa shape index (κ1) is 14.0. The molecule has 17 heavy (non-hydrogen) atoms. The van der Waals surface area contributed by atoms with Crippen molar-refractivity contribution in [2.45, 2.75) is 12.3 Å². The number of hydrogen-bond donors (Lipinski definition) is 1. The SMILES string of the molecule is CN(C)CCCNC(=O)c1cccc(CCl)c1. The Bertz CT molecular complexity index is 366. The number of hydrogen-bond acceptors (Lipinski definition) is 2. The number of carbonyl (C=O) groups excluding carboxylic acids is 1. The molecule has 1 N–H and O–H groups in total. The van der Waals surface area contributed by atoms with Gasteiger partial charge in [-0.2, -0.15) is 0 Å². The minimum absolute atomic E-state index is 0.0317. The second kappa shape index (κ2) is 7.30. The Morgan fingerprint density at radius 1 is 1.41 bits per heavy atom. The van der Waals surface area contributed by atoms with Crippen molar-refractivity contribution < 1.29 is 4.79 Å². The van der Waals surface area contributed by atoms with Crippen molar-refractivity contribution in [2.75, 3.05) is 27.2 Å². The van der Waals surface area contributed by atoms with E-state index in [1.807, 2.05) is 32.3 Å². The monoisotopic (exact) mass is 254 g/mol. The molecule has 0 heterocycles.